The Morgan fingerprint density at radius 3 is 2.42 bits per heavy atom. The smallest absolute Gasteiger partial charge is 0.338 e. The molecule has 0 aliphatic carbocycles. The first-order chi connectivity index (χ1) is 16.0. The fourth-order valence-corrected chi connectivity index (χ4v) is 5.02. The van der Waals surface area contributed by atoms with Gasteiger partial charge in [-0.05, 0) is 68.9 Å². The maximum Gasteiger partial charge on any atom is 0.338 e. The van der Waals surface area contributed by atoms with Gasteiger partial charge in [0.15, 0.2) is 0 Å². The third-order valence-corrected chi connectivity index (χ3v) is 7.32. The van der Waals surface area contributed by atoms with Crippen molar-refractivity contribution in [1.29, 1.82) is 0 Å². The fourth-order valence-electron chi connectivity index (χ4n) is 4.74. The number of carbonyl (C=O) groups is 1. The van der Waals surface area contributed by atoms with E-state index in [2.05, 4.69) is 15.9 Å². The molecule has 4 rings (SSSR count). The summed E-state index contributed by atoms with van der Waals surface area (Å²) in [5, 5.41) is 1.09. The summed E-state index contributed by atoms with van der Waals surface area (Å²) in [4.78, 5) is 17.0. The number of piperidine rings is 2. The van der Waals surface area contributed by atoms with E-state index in [0.717, 1.165) is 57.0 Å². The molecule has 2 saturated heterocycles. The standard InChI is InChI=1S/C26H32Cl2N2O3/c1-2-32-26(31)20-4-3-5-21(16-20)30-14-8-19(9-15-30)18-29-12-10-22(11-13-29)33-23-6-7-24(27)25(28)17-23/h3-7,16-17,19,22H,2,8-15,18H2,1H3. The van der Waals surface area contributed by atoms with Crippen molar-refractivity contribution in [3.05, 3.63) is 58.1 Å². The number of esters is 1. The Morgan fingerprint density at radius 2 is 1.73 bits per heavy atom. The molecule has 0 N–H and O–H groups in total. The van der Waals surface area contributed by atoms with Gasteiger partial charge < -0.3 is 19.3 Å². The van der Waals surface area contributed by atoms with E-state index in [1.165, 1.54) is 12.8 Å². The molecule has 0 radical (unpaired) electrons. The van der Waals surface area contributed by atoms with E-state index in [4.69, 9.17) is 32.7 Å². The van der Waals surface area contributed by atoms with Crippen molar-refractivity contribution >= 4 is 34.9 Å². The van der Waals surface area contributed by atoms with Gasteiger partial charge in [0.2, 0.25) is 0 Å². The molecule has 5 nitrogen and oxygen atoms in total. The van der Waals surface area contributed by atoms with Crippen molar-refractivity contribution in [3.8, 4) is 5.75 Å². The van der Waals surface area contributed by atoms with Crippen LogP contribution in [0.4, 0.5) is 5.69 Å². The van der Waals surface area contributed by atoms with Gasteiger partial charge in [-0.15, -0.1) is 0 Å². The molecule has 0 unspecified atom stereocenters. The highest BCUT2D eigenvalue weighted by Crippen LogP contribution is 2.29. The molecule has 7 heteroatoms. The molecule has 2 aliphatic rings. The van der Waals surface area contributed by atoms with Crippen LogP contribution < -0.4 is 9.64 Å². The normalized spacial score (nSPS) is 18.3. The van der Waals surface area contributed by atoms with Gasteiger partial charge >= 0.3 is 5.97 Å². The summed E-state index contributed by atoms with van der Waals surface area (Å²) in [6.07, 6.45) is 4.62. The first-order valence-electron chi connectivity index (χ1n) is 11.9. The van der Waals surface area contributed by atoms with Gasteiger partial charge in [-0.25, -0.2) is 4.79 Å². The number of halogens is 2. The SMILES string of the molecule is CCOC(=O)c1cccc(N2CCC(CN3CCC(Oc4ccc(Cl)c(Cl)c4)CC3)CC2)c1. The molecule has 178 valence electrons. The van der Waals surface area contributed by atoms with E-state index in [0.29, 0.717) is 28.1 Å². The summed E-state index contributed by atoms with van der Waals surface area (Å²) in [6.45, 7) is 7.55. The van der Waals surface area contributed by atoms with E-state index in [-0.39, 0.29) is 12.1 Å². The molecule has 33 heavy (non-hydrogen) atoms. The van der Waals surface area contributed by atoms with Gasteiger partial charge in [0.25, 0.3) is 0 Å². The summed E-state index contributed by atoms with van der Waals surface area (Å²) in [5.74, 6) is 1.25. The largest absolute Gasteiger partial charge is 0.490 e. The highest BCUT2D eigenvalue weighted by atomic mass is 35.5. The number of hydrogen-bond donors (Lipinski definition) is 0. The summed E-state index contributed by atoms with van der Waals surface area (Å²) in [6, 6.07) is 13.3. The number of nitrogens with zero attached hydrogens (tertiary/aromatic N) is 2. The van der Waals surface area contributed by atoms with Crippen LogP contribution in [0.5, 0.6) is 5.75 Å². The lowest BCUT2D eigenvalue weighted by molar-refractivity contribution is 0.0526. The van der Waals surface area contributed by atoms with Crippen molar-refractivity contribution in [1.82, 2.24) is 4.90 Å². The maximum atomic E-state index is 12.0. The van der Waals surface area contributed by atoms with Crippen LogP contribution in [0, 0.1) is 5.92 Å². The minimum absolute atomic E-state index is 0.229. The molecular weight excluding hydrogens is 459 g/mol. The average molecular weight is 491 g/mol. The summed E-state index contributed by atoms with van der Waals surface area (Å²) < 4.78 is 11.3. The third-order valence-electron chi connectivity index (χ3n) is 6.58. The maximum absolute atomic E-state index is 12.0. The third kappa shape index (κ3) is 6.56. The van der Waals surface area contributed by atoms with Crippen LogP contribution in [-0.4, -0.2) is 56.3 Å². The molecule has 0 atom stereocenters. The van der Waals surface area contributed by atoms with E-state index in [1.807, 2.05) is 31.2 Å². The van der Waals surface area contributed by atoms with Crippen molar-refractivity contribution < 1.29 is 14.3 Å². The van der Waals surface area contributed by atoms with Crippen LogP contribution in [0.25, 0.3) is 0 Å². The topological polar surface area (TPSA) is 42.0 Å². The summed E-state index contributed by atoms with van der Waals surface area (Å²) in [7, 11) is 0. The molecule has 2 aromatic carbocycles. The van der Waals surface area contributed by atoms with Crippen molar-refractivity contribution in [2.45, 2.75) is 38.7 Å². The highest BCUT2D eigenvalue weighted by molar-refractivity contribution is 6.42. The van der Waals surface area contributed by atoms with Crippen LogP contribution in [0.3, 0.4) is 0 Å². The molecule has 2 aromatic rings. The number of ether oxygens (including phenoxy) is 2. The highest BCUT2D eigenvalue weighted by Gasteiger charge is 2.26. The Bertz CT molecular complexity index is 939. The quantitative estimate of drug-likeness (QED) is 0.449. The fraction of sp³-hybridized carbons (Fsp3) is 0.500. The van der Waals surface area contributed by atoms with Gasteiger partial charge in [-0.2, -0.15) is 0 Å². The minimum Gasteiger partial charge on any atom is -0.490 e. The Kier molecular flexibility index (Phi) is 8.39. The second-order valence-corrected chi connectivity index (χ2v) is 9.71. The van der Waals surface area contributed by atoms with Gasteiger partial charge in [-0.3, -0.25) is 0 Å². The second-order valence-electron chi connectivity index (χ2n) is 8.89. The van der Waals surface area contributed by atoms with Gasteiger partial charge in [0.05, 0.1) is 22.2 Å². The summed E-state index contributed by atoms with van der Waals surface area (Å²) >= 11 is 12.1. The molecular formula is C26H32Cl2N2O3. The molecule has 2 aliphatic heterocycles. The first-order valence-corrected chi connectivity index (χ1v) is 12.6. The zero-order chi connectivity index (χ0) is 23.2. The molecule has 0 amide bonds. The number of benzene rings is 2. The van der Waals surface area contributed by atoms with Crippen LogP contribution >= 0.6 is 23.2 Å². The van der Waals surface area contributed by atoms with Gasteiger partial charge in [0.1, 0.15) is 11.9 Å². The average Bonchev–Trinajstić information content (AvgIpc) is 2.83. The number of hydrogen-bond acceptors (Lipinski definition) is 5. The van der Waals surface area contributed by atoms with Crippen molar-refractivity contribution in [2.24, 2.45) is 5.92 Å². The number of likely N-dealkylation sites (tertiary alicyclic amines) is 1. The van der Waals surface area contributed by atoms with Crippen molar-refractivity contribution in [2.75, 3.05) is 44.2 Å². The van der Waals surface area contributed by atoms with E-state index < -0.39 is 0 Å². The number of carbonyl (C=O) groups excluding carboxylic acids is 1. The molecule has 0 saturated carbocycles. The predicted molar refractivity (Wildman–Crippen MR) is 134 cm³/mol. The molecule has 0 spiro atoms. The van der Waals surface area contributed by atoms with Crippen LogP contribution in [0.1, 0.15) is 43.0 Å². The molecule has 0 bridgehead atoms. The number of rotatable bonds is 7. The molecule has 2 fully saturated rings. The zero-order valence-corrected chi connectivity index (χ0v) is 20.7. The van der Waals surface area contributed by atoms with Gasteiger partial charge in [0, 0.05) is 44.5 Å². The van der Waals surface area contributed by atoms with Gasteiger partial charge in [-0.1, -0.05) is 29.3 Å². The lowest BCUT2D eigenvalue weighted by Gasteiger charge is -2.38. The predicted octanol–water partition coefficient (Wildman–Crippen LogP) is 5.93. The van der Waals surface area contributed by atoms with E-state index in [1.54, 1.807) is 12.1 Å². The molecule has 0 aromatic heterocycles. The molecule has 2 heterocycles. The second kappa shape index (κ2) is 11.5. The van der Waals surface area contributed by atoms with Crippen LogP contribution in [0.15, 0.2) is 42.5 Å². The monoisotopic (exact) mass is 490 g/mol. The zero-order valence-electron chi connectivity index (χ0n) is 19.1. The van der Waals surface area contributed by atoms with E-state index in [9.17, 15) is 4.79 Å². The van der Waals surface area contributed by atoms with Crippen molar-refractivity contribution in [3.63, 3.8) is 0 Å². The van der Waals surface area contributed by atoms with E-state index >= 15 is 0 Å². The first kappa shape index (κ1) is 24.2. The van der Waals surface area contributed by atoms with Crippen LogP contribution in [-0.2, 0) is 4.74 Å². The minimum atomic E-state index is -0.249. The Morgan fingerprint density at radius 1 is 0.970 bits per heavy atom. The lowest BCUT2D eigenvalue weighted by atomic mass is 9.94. The number of anilines is 1. The Hall–Kier alpha value is -1.95. The summed E-state index contributed by atoms with van der Waals surface area (Å²) in [5.41, 5.74) is 1.74. The lowest BCUT2D eigenvalue weighted by Crippen LogP contribution is -2.43. The Labute approximate surface area is 206 Å². The van der Waals surface area contributed by atoms with Crippen LogP contribution in [0.2, 0.25) is 10.0 Å². The Balaban J connectivity index is 1.20.